The van der Waals surface area contributed by atoms with E-state index in [1.165, 1.54) is 0 Å². The minimum absolute atomic E-state index is 0.0871. The van der Waals surface area contributed by atoms with Gasteiger partial charge in [0.2, 0.25) is 7.29 Å². The highest BCUT2D eigenvalue weighted by Crippen LogP contribution is 2.41. The first-order valence-electron chi connectivity index (χ1n) is 10.0. The smallest absolute Gasteiger partial charge is 0.311 e. The number of nitrogens with one attached hydrogen (secondary N) is 1. The lowest BCUT2D eigenvalue weighted by Gasteiger charge is -2.28. The first-order valence-corrected chi connectivity index (χ1v) is 11.7. The van der Waals surface area contributed by atoms with Crippen LogP contribution in [0.4, 0.5) is 0 Å². The van der Waals surface area contributed by atoms with Crippen LogP contribution in [0, 0.1) is 5.41 Å². The quantitative estimate of drug-likeness (QED) is 0.438. The Bertz CT molecular complexity index is 955. The van der Waals surface area contributed by atoms with E-state index in [1.807, 2.05) is 112 Å². The third-order valence-electron chi connectivity index (χ3n) is 4.77. The summed E-state index contributed by atoms with van der Waals surface area (Å²) >= 11 is 0. The van der Waals surface area contributed by atoms with E-state index in [0.717, 1.165) is 5.56 Å². The Balaban J connectivity index is 1.99. The normalized spacial score (nSPS) is 12.9. The molecular weight excluding hydrogens is 393 g/mol. The molecule has 0 aliphatic rings. The van der Waals surface area contributed by atoms with Crippen molar-refractivity contribution in [2.75, 3.05) is 6.61 Å². The van der Waals surface area contributed by atoms with Crippen molar-refractivity contribution in [2.24, 2.45) is 5.41 Å². The highest BCUT2D eigenvalue weighted by molar-refractivity contribution is 7.76. The molecule has 3 aromatic rings. The molecule has 0 aliphatic heterocycles. The summed E-state index contributed by atoms with van der Waals surface area (Å²) in [5.41, 5.74) is 0.301. The molecule has 0 saturated carbocycles. The summed E-state index contributed by atoms with van der Waals surface area (Å²) in [4.78, 5) is 12.4. The summed E-state index contributed by atoms with van der Waals surface area (Å²) in [6, 6.07) is 28.0. The van der Waals surface area contributed by atoms with E-state index in [-0.39, 0.29) is 12.6 Å². The van der Waals surface area contributed by atoms with Crippen LogP contribution in [0.2, 0.25) is 0 Å². The molecule has 30 heavy (non-hydrogen) atoms. The van der Waals surface area contributed by atoms with Crippen LogP contribution in [-0.2, 0) is 14.1 Å². The Kier molecular flexibility index (Phi) is 6.91. The fourth-order valence-corrected chi connectivity index (χ4v) is 5.51. The fourth-order valence-electron chi connectivity index (χ4n) is 3.06. The Morgan fingerprint density at radius 1 is 0.833 bits per heavy atom. The summed E-state index contributed by atoms with van der Waals surface area (Å²) in [7, 11) is -3.19. The van der Waals surface area contributed by atoms with E-state index in [9.17, 15) is 9.36 Å². The van der Waals surface area contributed by atoms with E-state index < -0.39 is 18.7 Å². The van der Waals surface area contributed by atoms with Crippen LogP contribution < -0.4 is 15.7 Å². The molecule has 1 N–H and O–H groups in total. The van der Waals surface area contributed by atoms with Gasteiger partial charge in [-0.1, -0.05) is 66.7 Å². The molecule has 0 aliphatic carbocycles. The average Bonchev–Trinajstić information content (AvgIpc) is 2.77. The van der Waals surface area contributed by atoms with Crippen molar-refractivity contribution < 1.29 is 14.1 Å². The zero-order valence-electron chi connectivity index (χ0n) is 17.6. The van der Waals surface area contributed by atoms with E-state index in [2.05, 4.69) is 5.09 Å². The zero-order chi connectivity index (χ0) is 21.6. The van der Waals surface area contributed by atoms with Crippen LogP contribution in [0.15, 0.2) is 91.0 Å². The number of carbonyl (C=O) groups excluding carboxylic acids is 1. The maximum absolute atomic E-state index is 14.4. The molecule has 0 saturated heterocycles. The molecule has 156 valence electrons. The maximum Gasteiger partial charge on any atom is 0.311 e. The molecule has 4 nitrogen and oxygen atoms in total. The minimum atomic E-state index is -3.19. The summed E-state index contributed by atoms with van der Waals surface area (Å²) < 4.78 is 20.0. The number of hydrogen-bond donors (Lipinski definition) is 1. The standard InChI is InChI=1S/C25H28NO3P/c1-25(2,3)24(27)29-19-23(20-13-7-4-8-14-20)26-30(28,21-15-9-5-10-16-21)22-17-11-6-12-18-22/h4-18,23H,19H2,1-3H3,(H,26,28). The van der Waals surface area contributed by atoms with Crippen molar-refractivity contribution in [2.45, 2.75) is 26.8 Å². The average molecular weight is 421 g/mol. The Morgan fingerprint density at radius 3 is 1.70 bits per heavy atom. The molecule has 0 heterocycles. The predicted molar refractivity (Wildman–Crippen MR) is 122 cm³/mol. The highest BCUT2D eigenvalue weighted by atomic mass is 31.2. The van der Waals surface area contributed by atoms with Crippen molar-refractivity contribution in [3.63, 3.8) is 0 Å². The van der Waals surface area contributed by atoms with Gasteiger partial charge in [-0.2, -0.15) is 0 Å². The number of esters is 1. The number of rotatable bonds is 7. The summed E-state index contributed by atoms with van der Waals surface area (Å²) in [6.45, 7) is 5.54. The van der Waals surface area contributed by atoms with Crippen LogP contribution in [0.1, 0.15) is 32.4 Å². The summed E-state index contributed by atoms with van der Waals surface area (Å²) in [5, 5.41) is 4.78. The van der Waals surface area contributed by atoms with Gasteiger partial charge in [0.25, 0.3) is 0 Å². The van der Waals surface area contributed by atoms with Gasteiger partial charge < -0.3 is 4.74 Å². The molecule has 1 unspecified atom stereocenters. The molecule has 0 spiro atoms. The lowest BCUT2D eigenvalue weighted by Crippen LogP contribution is -2.34. The second kappa shape index (κ2) is 9.42. The number of benzene rings is 3. The Labute approximate surface area is 178 Å². The third kappa shape index (κ3) is 5.27. The summed E-state index contributed by atoms with van der Waals surface area (Å²) in [5.74, 6) is -0.292. The van der Waals surface area contributed by atoms with E-state index in [1.54, 1.807) is 0 Å². The van der Waals surface area contributed by atoms with Crippen molar-refractivity contribution >= 4 is 23.9 Å². The SMILES string of the molecule is CC(C)(C)C(=O)OCC(NP(=O)(c1ccccc1)c1ccccc1)c1ccccc1. The Hall–Kier alpha value is -2.68. The molecule has 0 amide bonds. The van der Waals surface area contributed by atoms with Gasteiger partial charge in [-0.3, -0.25) is 9.36 Å². The van der Waals surface area contributed by atoms with Crippen LogP contribution in [0.3, 0.4) is 0 Å². The van der Waals surface area contributed by atoms with E-state index in [0.29, 0.717) is 10.6 Å². The van der Waals surface area contributed by atoms with Gasteiger partial charge in [0.05, 0.1) is 11.5 Å². The molecule has 1 atom stereocenters. The van der Waals surface area contributed by atoms with Crippen molar-refractivity contribution in [1.82, 2.24) is 5.09 Å². The lowest BCUT2D eigenvalue weighted by atomic mass is 9.97. The highest BCUT2D eigenvalue weighted by Gasteiger charge is 2.32. The third-order valence-corrected chi connectivity index (χ3v) is 7.50. The molecule has 0 aromatic heterocycles. The monoisotopic (exact) mass is 421 g/mol. The molecule has 3 rings (SSSR count). The minimum Gasteiger partial charge on any atom is -0.463 e. The number of hydrogen-bond acceptors (Lipinski definition) is 3. The summed E-state index contributed by atoms with van der Waals surface area (Å²) in [6.07, 6.45) is 0. The second-order valence-corrected chi connectivity index (χ2v) is 10.7. The predicted octanol–water partition coefficient (Wildman–Crippen LogP) is 4.84. The topological polar surface area (TPSA) is 55.4 Å². The number of carbonyl (C=O) groups is 1. The first kappa shape index (κ1) is 22.0. The molecule has 0 fully saturated rings. The molecule has 3 aromatic carbocycles. The van der Waals surface area contributed by atoms with Crippen molar-refractivity contribution in [1.29, 1.82) is 0 Å². The van der Waals surface area contributed by atoms with Gasteiger partial charge in [-0.25, -0.2) is 5.09 Å². The number of ether oxygens (including phenoxy) is 1. The van der Waals surface area contributed by atoms with Crippen LogP contribution >= 0.6 is 7.29 Å². The van der Waals surface area contributed by atoms with Crippen LogP contribution in [-0.4, -0.2) is 12.6 Å². The Morgan fingerprint density at radius 2 is 1.27 bits per heavy atom. The largest absolute Gasteiger partial charge is 0.463 e. The molecule has 0 bridgehead atoms. The van der Waals surface area contributed by atoms with Crippen molar-refractivity contribution in [3.8, 4) is 0 Å². The maximum atomic E-state index is 14.4. The molecular formula is C25H28NO3P. The van der Waals surface area contributed by atoms with E-state index >= 15 is 0 Å². The van der Waals surface area contributed by atoms with E-state index in [4.69, 9.17) is 4.74 Å². The first-order chi connectivity index (χ1) is 14.3. The van der Waals surface area contributed by atoms with Gasteiger partial charge in [0.1, 0.15) is 6.61 Å². The van der Waals surface area contributed by atoms with Gasteiger partial charge in [0.15, 0.2) is 0 Å². The van der Waals surface area contributed by atoms with Gasteiger partial charge >= 0.3 is 5.97 Å². The van der Waals surface area contributed by atoms with Crippen LogP contribution in [0.25, 0.3) is 0 Å². The van der Waals surface area contributed by atoms with Crippen LogP contribution in [0.5, 0.6) is 0 Å². The van der Waals surface area contributed by atoms with Gasteiger partial charge in [-0.05, 0) is 50.6 Å². The van der Waals surface area contributed by atoms with Gasteiger partial charge in [0, 0.05) is 10.6 Å². The molecule has 0 radical (unpaired) electrons. The van der Waals surface area contributed by atoms with Gasteiger partial charge in [-0.15, -0.1) is 0 Å². The lowest BCUT2D eigenvalue weighted by molar-refractivity contribution is -0.153. The zero-order valence-corrected chi connectivity index (χ0v) is 18.5. The molecule has 5 heteroatoms. The van der Waals surface area contributed by atoms with Crippen molar-refractivity contribution in [3.05, 3.63) is 96.6 Å². The second-order valence-electron chi connectivity index (χ2n) is 8.22. The fraction of sp³-hybridized carbons (Fsp3) is 0.240.